The zero-order chi connectivity index (χ0) is 12.7. The normalized spacial score (nSPS) is 31.1. The molecule has 3 N–H and O–H groups in total. The Morgan fingerprint density at radius 3 is 3.22 bits per heavy atom. The van der Waals surface area contributed by atoms with Gasteiger partial charge in [0.1, 0.15) is 5.03 Å². The van der Waals surface area contributed by atoms with Crippen LogP contribution in [0.15, 0.2) is 23.4 Å². The summed E-state index contributed by atoms with van der Waals surface area (Å²) in [6.07, 6.45) is 2.64. The molecule has 1 aromatic heterocycles. The Hall–Kier alpha value is -1.27. The van der Waals surface area contributed by atoms with E-state index in [2.05, 4.69) is 15.2 Å². The molecule has 1 amide bonds. The summed E-state index contributed by atoms with van der Waals surface area (Å²) in [5.41, 5.74) is 6.56. The van der Waals surface area contributed by atoms with Crippen molar-refractivity contribution < 1.29 is 4.79 Å². The van der Waals surface area contributed by atoms with Gasteiger partial charge in [-0.15, -0.1) is 0 Å². The lowest BCUT2D eigenvalue weighted by Crippen LogP contribution is -2.45. The third-order valence-electron chi connectivity index (χ3n) is 3.70. The van der Waals surface area contributed by atoms with Gasteiger partial charge in [0, 0.05) is 6.20 Å². The van der Waals surface area contributed by atoms with Crippen LogP contribution >= 0.6 is 11.8 Å². The van der Waals surface area contributed by atoms with Gasteiger partial charge < -0.3 is 11.1 Å². The Morgan fingerprint density at radius 2 is 2.50 bits per heavy atom. The SMILES string of the molecule is CN1CCC(C(N)=O)C1C1Nc2cccnc2S1. The fourth-order valence-corrected chi connectivity index (χ4v) is 4.11. The molecule has 1 aromatic rings. The smallest absolute Gasteiger partial charge is 0.222 e. The van der Waals surface area contributed by atoms with Crippen LogP contribution in [0.3, 0.4) is 0 Å². The van der Waals surface area contributed by atoms with E-state index in [1.54, 1.807) is 18.0 Å². The number of hydrogen-bond acceptors (Lipinski definition) is 5. The minimum absolute atomic E-state index is 0.0747. The number of rotatable bonds is 2. The molecule has 2 aliphatic rings. The zero-order valence-corrected chi connectivity index (χ0v) is 11.0. The number of carbonyl (C=O) groups is 1. The number of primary amides is 1. The summed E-state index contributed by atoms with van der Waals surface area (Å²) in [5, 5.41) is 4.60. The second kappa shape index (κ2) is 4.44. The van der Waals surface area contributed by atoms with Crippen LogP contribution in [0, 0.1) is 5.92 Å². The minimum Gasteiger partial charge on any atom is -0.369 e. The van der Waals surface area contributed by atoms with Gasteiger partial charge in [-0.3, -0.25) is 9.69 Å². The summed E-state index contributed by atoms with van der Waals surface area (Å²) in [6.45, 7) is 0.917. The van der Waals surface area contributed by atoms with E-state index in [9.17, 15) is 4.79 Å². The third kappa shape index (κ3) is 1.85. The monoisotopic (exact) mass is 264 g/mol. The average Bonchev–Trinajstić information content (AvgIpc) is 2.91. The van der Waals surface area contributed by atoms with Gasteiger partial charge in [-0.25, -0.2) is 4.98 Å². The van der Waals surface area contributed by atoms with E-state index in [0.29, 0.717) is 0 Å². The van der Waals surface area contributed by atoms with Gasteiger partial charge in [0.15, 0.2) is 0 Å². The van der Waals surface area contributed by atoms with Crippen LogP contribution in [-0.4, -0.2) is 40.8 Å². The van der Waals surface area contributed by atoms with Crippen LogP contribution in [0.4, 0.5) is 5.69 Å². The molecule has 3 unspecified atom stereocenters. The van der Waals surface area contributed by atoms with Gasteiger partial charge >= 0.3 is 0 Å². The summed E-state index contributed by atoms with van der Waals surface area (Å²) in [5.74, 6) is -0.273. The third-order valence-corrected chi connectivity index (χ3v) is 4.90. The van der Waals surface area contributed by atoms with Crippen LogP contribution < -0.4 is 11.1 Å². The van der Waals surface area contributed by atoms with E-state index in [1.807, 2.05) is 19.2 Å². The number of likely N-dealkylation sites (N-methyl/N-ethyl adjacent to an activating group) is 1. The summed E-state index contributed by atoms with van der Waals surface area (Å²) in [4.78, 5) is 18.1. The lowest BCUT2D eigenvalue weighted by atomic mass is 9.99. The van der Waals surface area contributed by atoms with Gasteiger partial charge in [-0.2, -0.15) is 0 Å². The zero-order valence-electron chi connectivity index (χ0n) is 10.2. The Bertz CT molecular complexity index is 456. The molecule has 0 aliphatic carbocycles. The number of thioether (sulfide) groups is 1. The highest BCUT2D eigenvalue weighted by molar-refractivity contribution is 8.00. The molecular weight excluding hydrogens is 248 g/mol. The highest BCUT2D eigenvalue weighted by atomic mass is 32.2. The Kier molecular flexibility index (Phi) is 2.91. The second-order valence-electron chi connectivity index (χ2n) is 4.81. The number of amides is 1. The molecule has 96 valence electrons. The molecule has 5 nitrogen and oxygen atoms in total. The molecule has 3 rings (SSSR count). The quantitative estimate of drug-likeness (QED) is 0.824. The second-order valence-corrected chi connectivity index (χ2v) is 5.94. The van der Waals surface area contributed by atoms with Gasteiger partial charge in [0.05, 0.1) is 23.0 Å². The highest BCUT2D eigenvalue weighted by Crippen LogP contribution is 2.42. The molecule has 1 saturated heterocycles. The molecule has 0 bridgehead atoms. The van der Waals surface area contributed by atoms with Crippen molar-refractivity contribution in [2.24, 2.45) is 11.7 Å². The topological polar surface area (TPSA) is 71.2 Å². The fraction of sp³-hybridized carbons (Fsp3) is 0.500. The maximum Gasteiger partial charge on any atom is 0.222 e. The number of nitrogens with one attached hydrogen (secondary N) is 1. The molecule has 0 aromatic carbocycles. The summed E-state index contributed by atoms with van der Waals surface area (Å²) in [6, 6.07) is 4.07. The maximum atomic E-state index is 11.5. The van der Waals surface area contributed by atoms with Crippen LogP contribution in [0.1, 0.15) is 6.42 Å². The van der Waals surface area contributed by atoms with Crippen molar-refractivity contribution in [3.63, 3.8) is 0 Å². The Morgan fingerprint density at radius 1 is 1.67 bits per heavy atom. The molecule has 3 atom stereocenters. The fourth-order valence-electron chi connectivity index (χ4n) is 2.78. The molecule has 6 heteroatoms. The largest absolute Gasteiger partial charge is 0.369 e. The van der Waals surface area contributed by atoms with Crippen LogP contribution in [0.5, 0.6) is 0 Å². The van der Waals surface area contributed by atoms with Gasteiger partial charge in [-0.05, 0) is 32.1 Å². The summed E-state index contributed by atoms with van der Waals surface area (Å²) in [7, 11) is 2.05. The van der Waals surface area contributed by atoms with E-state index in [0.717, 1.165) is 23.7 Å². The van der Waals surface area contributed by atoms with Crippen LogP contribution in [0.25, 0.3) is 0 Å². The summed E-state index contributed by atoms with van der Waals surface area (Å²) < 4.78 is 0. The number of aromatic nitrogens is 1. The molecule has 0 spiro atoms. The van der Waals surface area contributed by atoms with Crippen molar-refractivity contribution in [1.29, 1.82) is 0 Å². The van der Waals surface area contributed by atoms with E-state index >= 15 is 0 Å². The van der Waals surface area contributed by atoms with Crippen LogP contribution in [-0.2, 0) is 4.79 Å². The van der Waals surface area contributed by atoms with E-state index in [-0.39, 0.29) is 23.2 Å². The lowest BCUT2D eigenvalue weighted by molar-refractivity contribution is -0.122. The molecule has 0 radical (unpaired) electrons. The van der Waals surface area contributed by atoms with E-state index in [4.69, 9.17) is 5.73 Å². The van der Waals surface area contributed by atoms with Crippen LogP contribution in [0.2, 0.25) is 0 Å². The van der Waals surface area contributed by atoms with Crippen molar-refractivity contribution in [2.75, 3.05) is 18.9 Å². The Balaban J connectivity index is 1.82. The predicted octanol–water partition coefficient (Wildman–Crippen LogP) is 0.731. The number of fused-ring (bicyclic) bond motifs is 1. The average molecular weight is 264 g/mol. The van der Waals surface area contributed by atoms with E-state index in [1.165, 1.54) is 0 Å². The molecule has 18 heavy (non-hydrogen) atoms. The number of carbonyl (C=O) groups excluding carboxylic acids is 1. The predicted molar refractivity (Wildman–Crippen MR) is 71.2 cm³/mol. The lowest BCUT2D eigenvalue weighted by Gasteiger charge is -2.28. The molecule has 0 saturated carbocycles. The highest BCUT2D eigenvalue weighted by Gasteiger charge is 2.43. The molecule has 2 aliphatic heterocycles. The number of nitrogens with zero attached hydrogens (tertiary/aromatic N) is 2. The molecule has 3 heterocycles. The number of pyridine rings is 1. The van der Waals surface area contributed by atoms with Gasteiger partial charge in [0.2, 0.25) is 5.91 Å². The number of likely N-dealkylation sites (tertiary alicyclic amines) is 1. The van der Waals surface area contributed by atoms with Crippen molar-refractivity contribution in [3.8, 4) is 0 Å². The first-order valence-electron chi connectivity index (χ1n) is 6.04. The maximum absolute atomic E-state index is 11.5. The first-order chi connectivity index (χ1) is 8.66. The number of anilines is 1. The first-order valence-corrected chi connectivity index (χ1v) is 6.92. The molecule has 1 fully saturated rings. The number of nitrogens with two attached hydrogens (primary N) is 1. The first kappa shape index (κ1) is 11.8. The number of hydrogen-bond donors (Lipinski definition) is 2. The van der Waals surface area contributed by atoms with Crippen molar-refractivity contribution in [3.05, 3.63) is 18.3 Å². The van der Waals surface area contributed by atoms with Crippen molar-refractivity contribution >= 4 is 23.4 Å². The minimum atomic E-state index is -0.198. The Labute approximate surface area is 110 Å². The summed E-state index contributed by atoms with van der Waals surface area (Å²) >= 11 is 1.69. The van der Waals surface area contributed by atoms with Gasteiger partial charge in [0.25, 0.3) is 0 Å². The van der Waals surface area contributed by atoms with Crippen molar-refractivity contribution in [2.45, 2.75) is 22.9 Å². The van der Waals surface area contributed by atoms with E-state index < -0.39 is 0 Å². The van der Waals surface area contributed by atoms with Crippen molar-refractivity contribution in [1.82, 2.24) is 9.88 Å². The van der Waals surface area contributed by atoms with Gasteiger partial charge in [-0.1, -0.05) is 11.8 Å². The molecular formula is C12H16N4OS. The standard InChI is InChI=1S/C12H16N4OS/c1-16-6-4-7(10(13)17)9(16)12-15-8-3-2-5-14-11(8)18-12/h2-3,5,7,9,12,15H,4,6H2,1H3,(H2,13,17).